The minimum atomic E-state index is -3.73. The molecule has 0 unspecified atom stereocenters. The van der Waals surface area contributed by atoms with Crippen LogP contribution in [0.25, 0.3) is 22.5 Å². The largest absolute Gasteiger partial charge is 0.497 e. The summed E-state index contributed by atoms with van der Waals surface area (Å²) in [7, 11) is 3.26. The van der Waals surface area contributed by atoms with Gasteiger partial charge in [0.15, 0.2) is 21.8 Å². The van der Waals surface area contributed by atoms with Crippen LogP contribution in [0.4, 0.5) is 10.3 Å². The average Bonchev–Trinajstić information content (AvgIpc) is 4.07. The highest BCUT2D eigenvalue weighted by Crippen LogP contribution is 2.42. The Hall–Kier alpha value is -5.84. The lowest BCUT2D eigenvalue weighted by Gasteiger charge is -2.34. The van der Waals surface area contributed by atoms with E-state index >= 15 is 0 Å². The van der Waals surface area contributed by atoms with Crippen LogP contribution >= 0.6 is 22.7 Å². The summed E-state index contributed by atoms with van der Waals surface area (Å²) in [5, 5.41) is 5.79. The number of aryl methyl sites for hydroxylation is 3. The fraction of sp³-hybridized carbons (Fsp3) is 0.375. The van der Waals surface area contributed by atoms with E-state index < -0.39 is 20.0 Å². The number of aromatic nitrogens is 2. The van der Waals surface area contributed by atoms with Gasteiger partial charge in [-0.3, -0.25) is 0 Å². The van der Waals surface area contributed by atoms with Crippen molar-refractivity contribution in [1.29, 1.82) is 0 Å². The van der Waals surface area contributed by atoms with E-state index in [0.717, 1.165) is 27.2 Å². The average molecular weight is 1020 g/mol. The number of thiazole rings is 2. The van der Waals surface area contributed by atoms with Gasteiger partial charge in [0.25, 0.3) is 0 Å². The summed E-state index contributed by atoms with van der Waals surface area (Å²) < 4.78 is 93.5. The first-order valence-corrected chi connectivity index (χ1v) is 26.5. The van der Waals surface area contributed by atoms with Crippen molar-refractivity contribution < 1.29 is 50.0 Å². The van der Waals surface area contributed by atoms with Crippen molar-refractivity contribution in [1.82, 2.24) is 18.6 Å². The van der Waals surface area contributed by atoms with Gasteiger partial charge in [0.2, 0.25) is 25.8 Å². The summed E-state index contributed by atoms with van der Waals surface area (Å²) >= 11 is 3.10. The second kappa shape index (κ2) is 21.8. The number of piperazine rings is 2. The molecule has 4 aromatic carbocycles. The maximum atomic E-state index is 13.3. The maximum Gasteiger partial charge on any atom is 0.246 e. The van der Waals surface area contributed by atoms with Gasteiger partial charge < -0.3 is 43.0 Å². The minimum Gasteiger partial charge on any atom is -0.497 e. The van der Waals surface area contributed by atoms with E-state index in [4.69, 9.17) is 43.1 Å². The molecule has 2 fully saturated rings. The van der Waals surface area contributed by atoms with Gasteiger partial charge in [0, 0.05) is 86.4 Å². The first kappa shape index (κ1) is 51.0. The minimum absolute atomic E-state index is 0.123. The molecular weight excluding hydrogens is 965 g/mol. The third kappa shape index (κ3) is 10.8. The number of hydrogen-bond acceptors (Lipinski definition) is 17. The molecule has 8 rings (SSSR count). The van der Waals surface area contributed by atoms with E-state index in [1.807, 2.05) is 17.5 Å². The summed E-state index contributed by atoms with van der Waals surface area (Å²) in [5.41, 5.74) is 7.43. The SMILES string of the molecule is COc1ccc(S(=O)(=O)N2CCN(c3nc(-c4c(C)cc(C)cc4C)cs3)CC2)c(OC)c1.COc1ccc(S(=O)(=O)N2CCN(c3nc(-c4cc(OC)c(OC)c(OC)c4)cs3)CC2)c(OC)c1. The summed E-state index contributed by atoms with van der Waals surface area (Å²) in [4.78, 5) is 14.2. The number of rotatable bonds is 15. The zero-order chi connectivity index (χ0) is 49.6. The van der Waals surface area contributed by atoms with Gasteiger partial charge in [-0.1, -0.05) is 17.7 Å². The Kier molecular flexibility index (Phi) is 16.2. The molecule has 21 heteroatoms. The van der Waals surface area contributed by atoms with Crippen LogP contribution in [-0.4, -0.2) is 138 Å². The van der Waals surface area contributed by atoms with E-state index in [1.165, 1.54) is 76.7 Å². The Morgan fingerprint density at radius 1 is 0.478 bits per heavy atom. The van der Waals surface area contributed by atoms with E-state index in [9.17, 15) is 16.8 Å². The molecule has 0 bridgehead atoms. The van der Waals surface area contributed by atoms with Crippen molar-refractivity contribution in [2.45, 2.75) is 30.6 Å². The maximum absolute atomic E-state index is 13.3. The van der Waals surface area contributed by atoms with Crippen molar-refractivity contribution in [3.63, 3.8) is 0 Å². The van der Waals surface area contributed by atoms with Crippen LogP contribution in [0.3, 0.4) is 0 Å². The predicted octanol–water partition coefficient (Wildman–Crippen LogP) is 7.63. The summed E-state index contributed by atoms with van der Waals surface area (Å²) in [6, 6.07) is 17.5. The van der Waals surface area contributed by atoms with E-state index in [2.05, 4.69) is 48.1 Å². The summed E-state index contributed by atoms with van der Waals surface area (Å²) in [5.74, 6) is 3.24. The third-order valence-electron chi connectivity index (χ3n) is 11.9. The molecule has 370 valence electrons. The molecular formula is C48H58N6O11S4. The van der Waals surface area contributed by atoms with E-state index in [0.29, 0.717) is 81.1 Å². The number of benzene rings is 4. The molecule has 2 aliphatic heterocycles. The molecule has 4 heterocycles. The highest BCUT2D eigenvalue weighted by molar-refractivity contribution is 7.89. The van der Waals surface area contributed by atoms with Crippen molar-refractivity contribution in [3.8, 4) is 62.8 Å². The van der Waals surface area contributed by atoms with E-state index in [1.54, 1.807) is 63.0 Å². The van der Waals surface area contributed by atoms with Gasteiger partial charge in [0.1, 0.15) is 32.8 Å². The molecule has 0 atom stereocenters. The number of ether oxygens (including phenoxy) is 7. The Labute approximate surface area is 412 Å². The lowest BCUT2D eigenvalue weighted by atomic mass is 9.98. The van der Waals surface area contributed by atoms with Crippen molar-refractivity contribution in [2.75, 3.05) is 112 Å². The van der Waals surface area contributed by atoms with Crippen LogP contribution in [0.1, 0.15) is 16.7 Å². The Morgan fingerprint density at radius 2 is 0.884 bits per heavy atom. The number of hydrogen-bond donors (Lipinski definition) is 0. The molecule has 6 aromatic rings. The third-order valence-corrected chi connectivity index (χ3v) is 17.6. The van der Waals surface area contributed by atoms with Gasteiger partial charge in [-0.2, -0.15) is 8.61 Å². The monoisotopic (exact) mass is 1020 g/mol. The van der Waals surface area contributed by atoms with Crippen molar-refractivity contribution >= 4 is 53.0 Å². The second-order valence-corrected chi connectivity index (χ2v) is 21.5. The quantitative estimate of drug-likeness (QED) is 0.0983. The first-order valence-electron chi connectivity index (χ1n) is 21.8. The summed E-state index contributed by atoms with van der Waals surface area (Å²) in [6.07, 6.45) is 0. The fourth-order valence-electron chi connectivity index (χ4n) is 8.37. The summed E-state index contributed by atoms with van der Waals surface area (Å²) in [6.45, 7) is 9.95. The van der Waals surface area contributed by atoms with Crippen molar-refractivity contribution in [3.05, 3.63) is 88.1 Å². The molecule has 0 saturated carbocycles. The standard InChI is InChI=1S/C24H29N3O7S2.C24H29N3O4S2/c1-30-17-6-7-22(19(14-17)31-2)36(28,29)27-10-8-26(9-11-27)24-25-18(15-35-24)16-12-20(32-3)23(34-5)21(13-16)33-4;1-16-12-17(2)23(18(3)13-16)20-15-32-24(25-20)26-8-10-27(11-9-26)33(28,29)22-7-6-19(30-4)14-21(22)31-5/h6-7,12-15H,8-11H2,1-5H3;6-7,12-15H,8-11H2,1-5H3. The van der Waals surface area contributed by atoms with Gasteiger partial charge in [-0.15, -0.1) is 22.7 Å². The molecule has 0 amide bonds. The highest BCUT2D eigenvalue weighted by atomic mass is 32.2. The number of nitrogens with zero attached hydrogens (tertiary/aromatic N) is 6. The van der Waals surface area contributed by atoms with Gasteiger partial charge in [-0.05, 0) is 68.3 Å². The van der Waals surface area contributed by atoms with Gasteiger partial charge in [0.05, 0.1) is 61.2 Å². The molecule has 0 radical (unpaired) electrons. The van der Waals surface area contributed by atoms with Crippen LogP contribution in [0.5, 0.6) is 40.2 Å². The highest BCUT2D eigenvalue weighted by Gasteiger charge is 2.34. The molecule has 2 aliphatic rings. The Bertz CT molecular complexity index is 2930. The number of sulfonamides is 2. The topological polar surface area (TPSA) is 172 Å². The normalized spacial score (nSPS) is 14.7. The second-order valence-electron chi connectivity index (χ2n) is 16.0. The van der Waals surface area contributed by atoms with Crippen molar-refractivity contribution in [2.24, 2.45) is 0 Å². The van der Waals surface area contributed by atoms with Gasteiger partial charge in [-0.25, -0.2) is 26.8 Å². The zero-order valence-electron chi connectivity index (χ0n) is 40.4. The van der Waals surface area contributed by atoms with Crippen LogP contribution in [-0.2, 0) is 20.0 Å². The molecule has 0 N–H and O–H groups in total. The molecule has 69 heavy (non-hydrogen) atoms. The lowest BCUT2D eigenvalue weighted by molar-refractivity contribution is 0.324. The Balaban J connectivity index is 0.000000205. The predicted molar refractivity (Wildman–Crippen MR) is 270 cm³/mol. The molecule has 2 saturated heterocycles. The molecule has 0 aliphatic carbocycles. The Morgan fingerprint density at radius 3 is 1.28 bits per heavy atom. The van der Waals surface area contributed by atoms with Crippen LogP contribution in [0.15, 0.2) is 81.2 Å². The molecule has 0 spiro atoms. The molecule has 17 nitrogen and oxygen atoms in total. The molecule has 2 aromatic heterocycles. The van der Waals surface area contributed by atoms with Crippen LogP contribution in [0, 0.1) is 20.8 Å². The zero-order valence-corrected chi connectivity index (χ0v) is 43.7. The lowest BCUT2D eigenvalue weighted by Crippen LogP contribution is -2.48. The van der Waals surface area contributed by atoms with Crippen LogP contribution < -0.4 is 43.0 Å². The smallest absolute Gasteiger partial charge is 0.246 e. The first-order chi connectivity index (χ1) is 33.1. The fourth-order valence-corrected chi connectivity index (χ4v) is 13.2. The number of anilines is 2. The van der Waals surface area contributed by atoms with Crippen LogP contribution in [0.2, 0.25) is 0 Å². The van der Waals surface area contributed by atoms with Gasteiger partial charge >= 0.3 is 0 Å². The number of methoxy groups -OCH3 is 7. The van der Waals surface area contributed by atoms with E-state index in [-0.39, 0.29) is 21.3 Å².